The second kappa shape index (κ2) is 9.00. The van der Waals surface area contributed by atoms with E-state index in [4.69, 9.17) is 22.1 Å². The van der Waals surface area contributed by atoms with Gasteiger partial charge in [-0.25, -0.2) is 9.97 Å². The number of aromatic nitrogens is 2. The Bertz CT molecular complexity index is 659. The zero-order valence-electron chi connectivity index (χ0n) is 13.2. The summed E-state index contributed by atoms with van der Waals surface area (Å²) in [6.07, 6.45) is 2.77. The number of nitrogens with two attached hydrogens (primary N) is 1. The summed E-state index contributed by atoms with van der Waals surface area (Å²) >= 11 is 5.86. The number of morpholine rings is 1. The van der Waals surface area contributed by atoms with Crippen molar-refractivity contribution in [3.05, 3.63) is 54.3 Å². The Labute approximate surface area is 145 Å². The second-order valence-electron chi connectivity index (χ2n) is 4.98. The monoisotopic (exact) mass is 346 g/mol. The van der Waals surface area contributed by atoms with Crippen molar-refractivity contribution in [2.45, 2.75) is 0 Å². The van der Waals surface area contributed by atoms with Gasteiger partial charge in [-0.15, -0.1) is 0 Å². The Morgan fingerprint density at radius 1 is 1.29 bits per heavy atom. The third kappa shape index (κ3) is 5.33. The second-order valence-corrected chi connectivity index (χ2v) is 5.42. The maximum atomic E-state index is 10.9. The predicted molar refractivity (Wildman–Crippen MR) is 94.5 cm³/mol. The highest BCUT2D eigenvalue weighted by molar-refractivity contribution is 6.30. The van der Waals surface area contributed by atoms with Crippen molar-refractivity contribution in [1.29, 1.82) is 0 Å². The lowest BCUT2D eigenvalue weighted by atomic mass is 10.1. The molecule has 24 heavy (non-hydrogen) atoms. The van der Waals surface area contributed by atoms with Crippen LogP contribution in [0.15, 0.2) is 49.3 Å². The van der Waals surface area contributed by atoms with E-state index in [0.29, 0.717) is 37.1 Å². The summed E-state index contributed by atoms with van der Waals surface area (Å²) in [5.74, 6) is 0.457. The molecule has 0 unspecified atom stereocenters. The van der Waals surface area contributed by atoms with Crippen molar-refractivity contribution < 1.29 is 9.53 Å². The highest BCUT2D eigenvalue weighted by atomic mass is 35.5. The van der Waals surface area contributed by atoms with Crippen molar-refractivity contribution >= 4 is 23.3 Å². The van der Waals surface area contributed by atoms with Gasteiger partial charge in [0.1, 0.15) is 12.1 Å². The van der Waals surface area contributed by atoms with E-state index in [1.165, 1.54) is 12.4 Å². The van der Waals surface area contributed by atoms with E-state index < -0.39 is 0 Å². The minimum atomic E-state index is 0.00306. The van der Waals surface area contributed by atoms with Crippen LogP contribution in [0.5, 0.6) is 0 Å². The first kappa shape index (κ1) is 17.9. The fourth-order valence-electron chi connectivity index (χ4n) is 2.09. The van der Waals surface area contributed by atoms with Crippen LogP contribution in [0.4, 0.5) is 5.82 Å². The minimum Gasteiger partial charge on any atom is -0.384 e. The fraction of sp³-hybridized carbons (Fsp3) is 0.235. The molecular weight excluding hydrogens is 328 g/mol. The third-order valence-corrected chi connectivity index (χ3v) is 3.54. The quantitative estimate of drug-likeness (QED) is 0.844. The lowest BCUT2D eigenvalue weighted by molar-refractivity contribution is -0.129. The molecule has 0 spiro atoms. The highest BCUT2D eigenvalue weighted by Crippen LogP contribution is 2.21. The number of anilines is 1. The van der Waals surface area contributed by atoms with Gasteiger partial charge in [0.25, 0.3) is 0 Å². The Hall–Kier alpha value is -2.44. The van der Waals surface area contributed by atoms with Crippen molar-refractivity contribution in [3.63, 3.8) is 0 Å². The first-order valence-electron chi connectivity index (χ1n) is 7.42. The van der Waals surface area contributed by atoms with E-state index in [-0.39, 0.29) is 5.91 Å². The topological polar surface area (TPSA) is 81.3 Å². The zero-order chi connectivity index (χ0) is 17.4. The van der Waals surface area contributed by atoms with Crippen molar-refractivity contribution in [2.75, 3.05) is 32.0 Å². The van der Waals surface area contributed by atoms with Gasteiger partial charge in [0, 0.05) is 29.7 Å². The lowest BCUT2D eigenvalue weighted by Crippen LogP contribution is -2.39. The van der Waals surface area contributed by atoms with Crippen LogP contribution >= 0.6 is 11.6 Å². The zero-order valence-corrected chi connectivity index (χ0v) is 13.9. The summed E-state index contributed by atoms with van der Waals surface area (Å²) in [5.41, 5.74) is 7.26. The van der Waals surface area contributed by atoms with Gasteiger partial charge >= 0.3 is 0 Å². The van der Waals surface area contributed by atoms with E-state index in [1.54, 1.807) is 11.0 Å². The van der Waals surface area contributed by atoms with Crippen LogP contribution in [0.2, 0.25) is 5.02 Å². The Kier molecular flexibility index (Phi) is 6.72. The van der Waals surface area contributed by atoms with Gasteiger partial charge in [-0.2, -0.15) is 0 Å². The summed E-state index contributed by atoms with van der Waals surface area (Å²) in [6.45, 7) is 6.11. The average Bonchev–Trinajstić information content (AvgIpc) is 2.62. The highest BCUT2D eigenvalue weighted by Gasteiger charge is 2.12. The molecule has 2 heterocycles. The number of carbonyl (C=O) groups is 1. The molecule has 1 fully saturated rings. The van der Waals surface area contributed by atoms with Gasteiger partial charge in [0.15, 0.2) is 0 Å². The number of hydrogen-bond acceptors (Lipinski definition) is 5. The summed E-state index contributed by atoms with van der Waals surface area (Å²) < 4.78 is 5.07. The largest absolute Gasteiger partial charge is 0.384 e. The number of amides is 1. The summed E-state index contributed by atoms with van der Waals surface area (Å²) in [6, 6.07) is 9.16. The smallest absolute Gasteiger partial charge is 0.246 e. The molecule has 1 aliphatic heterocycles. The molecule has 0 atom stereocenters. The van der Waals surface area contributed by atoms with Crippen LogP contribution in [-0.2, 0) is 9.53 Å². The molecule has 0 radical (unpaired) electrons. The van der Waals surface area contributed by atoms with Crippen LogP contribution in [0.25, 0.3) is 11.3 Å². The van der Waals surface area contributed by atoms with Crippen LogP contribution in [-0.4, -0.2) is 47.1 Å². The first-order chi connectivity index (χ1) is 11.6. The van der Waals surface area contributed by atoms with Crippen molar-refractivity contribution in [1.82, 2.24) is 14.9 Å². The molecule has 1 aliphatic rings. The lowest BCUT2D eigenvalue weighted by Gasteiger charge is -2.25. The molecule has 1 aromatic heterocycles. The number of rotatable bonds is 2. The fourth-order valence-corrected chi connectivity index (χ4v) is 2.28. The standard InChI is InChI=1S/C10H8ClN3.C7H11NO2/c11-8-3-1-2-7(4-8)9-5-10(12)14-6-13-9;1-2-7(9)8-3-5-10-6-4-8/h1-6H,(H2,12,13,14);2H,1,3-6H2. The van der Waals surface area contributed by atoms with Crippen LogP contribution < -0.4 is 5.73 Å². The SMILES string of the molecule is C=CC(=O)N1CCOCC1.Nc1cc(-c2cccc(Cl)c2)ncn1. The normalized spacial score (nSPS) is 13.6. The molecule has 1 aromatic carbocycles. The minimum absolute atomic E-state index is 0.00306. The number of ether oxygens (including phenoxy) is 1. The van der Waals surface area contributed by atoms with Gasteiger partial charge in [-0.05, 0) is 18.2 Å². The molecule has 0 saturated carbocycles. The first-order valence-corrected chi connectivity index (χ1v) is 7.80. The molecule has 2 aromatic rings. The molecule has 7 heteroatoms. The molecule has 0 bridgehead atoms. The maximum absolute atomic E-state index is 10.9. The molecular formula is C17H19ClN4O2. The summed E-state index contributed by atoms with van der Waals surface area (Å²) in [5, 5.41) is 0.680. The number of nitrogen functional groups attached to an aromatic ring is 1. The van der Waals surface area contributed by atoms with Crippen LogP contribution in [0, 0.1) is 0 Å². The van der Waals surface area contributed by atoms with Gasteiger partial charge in [0.2, 0.25) is 5.91 Å². The Morgan fingerprint density at radius 2 is 2.04 bits per heavy atom. The van der Waals surface area contributed by atoms with Crippen molar-refractivity contribution in [3.8, 4) is 11.3 Å². The third-order valence-electron chi connectivity index (χ3n) is 3.31. The van der Waals surface area contributed by atoms with E-state index in [9.17, 15) is 4.79 Å². The molecule has 0 aliphatic carbocycles. The molecule has 126 valence electrons. The van der Waals surface area contributed by atoms with E-state index in [1.807, 2.05) is 24.3 Å². The predicted octanol–water partition coefficient (Wildman–Crippen LogP) is 2.41. The van der Waals surface area contributed by atoms with Crippen LogP contribution in [0.1, 0.15) is 0 Å². The summed E-state index contributed by atoms with van der Waals surface area (Å²) in [7, 11) is 0. The molecule has 3 rings (SSSR count). The number of carbonyl (C=O) groups excluding carboxylic acids is 1. The molecule has 1 saturated heterocycles. The van der Waals surface area contributed by atoms with E-state index >= 15 is 0 Å². The van der Waals surface area contributed by atoms with Gasteiger partial charge in [-0.1, -0.05) is 30.3 Å². The van der Waals surface area contributed by atoms with Gasteiger partial charge in [-0.3, -0.25) is 4.79 Å². The molecule has 1 amide bonds. The Balaban J connectivity index is 0.000000185. The number of benzene rings is 1. The number of halogens is 1. The molecule has 6 nitrogen and oxygen atoms in total. The average molecular weight is 347 g/mol. The van der Waals surface area contributed by atoms with Gasteiger partial charge in [0.05, 0.1) is 18.9 Å². The summed E-state index contributed by atoms with van der Waals surface area (Å²) in [4.78, 5) is 20.6. The van der Waals surface area contributed by atoms with Crippen molar-refractivity contribution in [2.24, 2.45) is 0 Å². The van der Waals surface area contributed by atoms with Gasteiger partial charge < -0.3 is 15.4 Å². The van der Waals surface area contributed by atoms with Crippen LogP contribution in [0.3, 0.4) is 0 Å². The number of hydrogen-bond donors (Lipinski definition) is 1. The Morgan fingerprint density at radius 3 is 2.67 bits per heavy atom. The van der Waals surface area contributed by atoms with E-state index in [0.717, 1.165) is 11.3 Å². The number of nitrogens with zero attached hydrogens (tertiary/aromatic N) is 3. The maximum Gasteiger partial charge on any atom is 0.246 e. The van der Waals surface area contributed by atoms with E-state index in [2.05, 4.69) is 16.5 Å². The molecule has 2 N–H and O–H groups in total.